The first-order chi connectivity index (χ1) is 11.6. The third-order valence-electron chi connectivity index (χ3n) is 5.54. The standard InChI is InChI=1S/C19H28N2O3/c1-19(20-18(23)14-21-10-12-24-13-11-21)9-3-2-4-17(19)15-5-7-16(22)8-6-15/h5-8,17,22H,2-4,9-14H2,1H3,(H,20,23)/p+1/t17-,19-/m0/s1. The summed E-state index contributed by atoms with van der Waals surface area (Å²) in [4.78, 5) is 13.9. The Bertz CT molecular complexity index is 554. The van der Waals surface area contributed by atoms with Crippen LogP contribution < -0.4 is 10.2 Å². The van der Waals surface area contributed by atoms with E-state index in [4.69, 9.17) is 4.74 Å². The van der Waals surface area contributed by atoms with E-state index in [-0.39, 0.29) is 17.2 Å². The highest BCUT2D eigenvalue weighted by Gasteiger charge is 2.39. The second-order valence-corrected chi connectivity index (χ2v) is 7.39. The first kappa shape index (κ1) is 17.2. The van der Waals surface area contributed by atoms with Crippen molar-refractivity contribution < 1.29 is 19.5 Å². The fourth-order valence-electron chi connectivity index (χ4n) is 4.15. The minimum absolute atomic E-state index is 0.139. The number of quaternary nitrogens is 1. The number of hydrogen-bond donors (Lipinski definition) is 3. The van der Waals surface area contributed by atoms with Crippen molar-refractivity contribution in [3.8, 4) is 5.75 Å². The number of carbonyl (C=O) groups is 1. The molecule has 2 aliphatic rings. The molecule has 132 valence electrons. The quantitative estimate of drug-likeness (QED) is 0.765. The van der Waals surface area contributed by atoms with Crippen molar-refractivity contribution in [3.63, 3.8) is 0 Å². The largest absolute Gasteiger partial charge is 0.508 e. The lowest BCUT2D eigenvalue weighted by molar-refractivity contribution is -0.900. The molecule has 1 aromatic carbocycles. The molecule has 1 saturated carbocycles. The van der Waals surface area contributed by atoms with E-state index in [2.05, 4.69) is 12.2 Å². The average molecular weight is 333 g/mol. The number of ether oxygens (including phenoxy) is 1. The average Bonchev–Trinajstić information content (AvgIpc) is 2.57. The predicted molar refractivity (Wildman–Crippen MR) is 92.2 cm³/mol. The van der Waals surface area contributed by atoms with E-state index < -0.39 is 0 Å². The molecule has 1 saturated heterocycles. The number of carbonyl (C=O) groups excluding carboxylic acids is 1. The lowest BCUT2D eigenvalue weighted by Crippen LogP contribution is -3.15. The zero-order valence-corrected chi connectivity index (χ0v) is 14.5. The summed E-state index contributed by atoms with van der Waals surface area (Å²) in [7, 11) is 0. The van der Waals surface area contributed by atoms with Crippen LogP contribution in [0.3, 0.4) is 0 Å². The van der Waals surface area contributed by atoms with Crippen LogP contribution in [0.15, 0.2) is 24.3 Å². The van der Waals surface area contributed by atoms with Gasteiger partial charge in [0.25, 0.3) is 5.91 Å². The molecule has 3 N–H and O–H groups in total. The molecule has 1 heterocycles. The number of hydrogen-bond acceptors (Lipinski definition) is 3. The number of morpholine rings is 1. The third-order valence-corrected chi connectivity index (χ3v) is 5.54. The Morgan fingerprint density at radius 3 is 2.71 bits per heavy atom. The van der Waals surface area contributed by atoms with Gasteiger partial charge in [0.05, 0.1) is 13.2 Å². The predicted octanol–water partition coefficient (Wildman–Crippen LogP) is 0.840. The normalized spacial score (nSPS) is 28.5. The lowest BCUT2D eigenvalue weighted by atomic mass is 9.70. The summed E-state index contributed by atoms with van der Waals surface area (Å²) < 4.78 is 5.36. The first-order valence-electron chi connectivity index (χ1n) is 9.08. The molecule has 5 heteroatoms. The lowest BCUT2D eigenvalue weighted by Gasteiger charge is -2.42. The SMILES string of the molecule is C[C@]1(NC(=O)C[NH+]2CCOCC2)CCCC[C@H]1c1ccc(O)cc1. The van der Waals surface area contributed by atoms with Crippen molar-refractivity contribution in [2.75, 3.05) is 32.8 Å². The maximum atomic E-state index is 12.6. The van der Waals surface area contributed by atoms with Gasteiger partial charge < -0.3 is 20.1 Å². The third kappa shape index (κ3) is 4.08. The summed E-state index contributed by atoms with van der Waals surface area (Å²) in [6.07, 6.45) is 4.41. The molecule has 5 nitrogen and oxygen atoms in total. The smallest absolute Gasteiger partial charge is 0.275 e. The molecular formula is C19H29N2O3+. The molecule has 3 rings (SSSR count). The topological polar surface area (TPSA) is 63.0 Å². The Balaban J connectivity index is 1.67. The number of phenols is 1. The molecular weight excluding hydrogens is 304 g/mol. The Morgan fingerprint density at radius 2 is 2.00 bits per heavy atom. The maximum absolute atomic E-state index is 12.6. The minimum Gasteiger partial charge on any atom is -0.508 e. The van der Waals surface area contributed by atoms with Gasteiger partial charge in [0, 0.05) is 11.5 Å². The highest BCUT2D eigenvalue weighted by molar-refractivity contribution is 5.78. The molecule has 0 bridgehead atoms. The molecule has 1 aliphatic carbocycles. The van der Waals surface area contributed by atoms with Crippen LogP contribution in [0.5, 0.6) is 5.75 Å². The first-order valence-corrected chi connectivity index (χ1v) is 9.08. The molecule has 0 unspecified atom stereocenters. The Morgan fingerprint density at radius 1 is 1.29 bits per heavy atom. The van der Waals surface area contributed by atoms with Crippen LogP contribution in [0.25, 0.3) is 0 Å². The number of rotatable bonds is 4. The van der Waals surface area contributed by atoms with Gasteiger partial charge in [0.15, 0.2) is 6.54 Å². The van der Waals surface area contributed by atoms with Crippen molar-refractivity contribution in [1.82, 2.24) is 5.32 Å². The number of nitrogens with one attached hydrogen (secondary N) is 2. The Kier molecular flexibility index (Phi) is 5.41. The van der Waals surface area contributed by atoms with Crippen LogP contribution in [0.2, 0.25) is 0 Å². The zero-order chi connectivity index (χ0) is 17.0. The summed E-state index contributed by atoms with van der Waals surface area (Å²) >= 11 is 0. The van der Waals surface area contributed by atoms with Crippen molar-refractivity contribution in [2.24, 2.45) is 0 Å². The van der Waals surface area contributed by atoms with E-state index in [1.54, 1.807) is 12.1 Å². The highest BCUT2D eigenvalue weighted by atomic mass is 16.5. The van der Waals surface area contributed by atoms with Crippen LogP contribution in [0.4, 0.5) is 0 Å². The number of benzene rings is 1. The molecule has 1 aliphatic heterocycles. The zero-order valence-electron chi connectivity index (χ0n) is 14.5. The van der Waals surface area contributed by atoms with Crippen LogP contribution in [-0.4, -0.2) is 49.4 Å². The molecule has 0 spiro atoms. The molecule has 2 atom stereocenters. The van der Waals surface area contributed by atoms with Gasteiger partial charge in [-0.1, -0.05) is 25.0 Å². The van der Waals surface area contributed by atoms with Crippen molar-refractivity contribution >= 4 is 5.91 Å². The van der Waals surface area contributed by atoms with Crippen molar-refractivity contribution in [1.29, 1.82) is 0 Å². The van der Waals surface area contributed by atoms with Crippen molar-refractivity contribution in [3.05, 3.63) is 29.8 Å². The second kappa shape index (κ2) is 7.53. The molecule has 24 heavy (non-hydrogen) atoms. The van der Waals surface area contributed by atoms with Crippen LogP contribution in [0, 0.1) is 0 Å². The summed E-state index contributed by atoms with van der Waals surface area (Å²) in [6, 6.07) is 7.46. The van der Waals surface area contributed by atoms with Gasteiger partial charge in [-0.3, -0.25) is 4.79 Å². The number of amides is 1. The summed E-state index contributed by atoms with van der Waals surface area (Å²) in [5, 5.41) is 12.9. The van der Waals surface area contributed by atoms with Gasteiger partial charge in [-0.2, -0.15) is 0 Å². The van der Waals surface area contributed by atoms with Gasteiger partial charge in [-0.15, -0.1) is 0 Å². The second-order valence-electron chi connectivity index (χ2n) is 7.39. The van der Waals surface area contributed by atoms with Gasteiger partial charge in [-0.05, 0) is 37.5 Å². The fourth-order valence-corrected chi connectivity index (χ4v) is 4.15. The van der Waals surface area contributed by atoms with Gasteiger partial charge in [0.1, 0.15) is 18.8 Å². The van der Waals surface area contributed by atoms with Crippen LogP contribution in [0.1, 0.15) is 44.1 Å². The van der Waals surface area contributed by atoms with Gasteiger partial charge in [-0.25, -0.2) is 0 Å². The summed E-state index contributed by atoms with van der Waals surface area (Å²) in [6.45, 7) is 6.01. The van der Waals surface area contributed by atoms with E-state index in [0.29, 0.717) is 12.5 Å². The maximum Gasteiger partial charge on any atom is 0.275 e. The molecule has 0 radical (unpaired) electrons. The molecule has 2 fully saturated rings. The Hall–Kier alpha value is -1.59. The van der Waals surface area contributed by atoms with E-state index >= 15 is 0 Å². The van der Waals surface area contributed by atoms with E-state index in [9.17, 15) is 9.90 Å². The van der Waals surface area contributed by atoms with Crippen molar-refractivity contribution in [2.45, 2.75) is 44.1 Å². The van der Waals surface area contributed by atoms with Gasteiger partial charge >= 0.3 is 0 Å². The summed E-state index contributed by atoms with van der Waals surface area (Å²) in [5.41, 5.74) is 0.993. The van der Waals surface area contributed by atoms with E-state index in [1.807, 2.05) is 12.1 Å². The van der Waals surface area contributed by atoms with Crippen LogP contribution >= 0.6 is 0 Å². The Labute approximate surface area is 144 Å². The minimum atomic E-state index is -0.210. The monoisotopic (exact) mass is 333 g/mol. The molecule has 1 amide bonds. The number of aromatic hydroxyl groups is 1. The molecule has 0 aromatic heterocycles. The van der Waals surface area contributed by atoms with Gasteiger partial charge in [0.2, 0.25) is 0 Å². The van der Waals surface area contributed by atoms with E-state index in [0.717, 1.165) is 45.6 Å². The number of phenolic OH excluding ortho intramolecular Hbond substituents is 1. The van der Waals surface area contributed by atoms with E-state index in [1.165, 1.54) is 16.9 Å². The fraction of sp³-hybridized carbons (Fsp3) is 0.632. The van der Waals surface area contributed by atoms with Crippen LogP contribution in [-0.2, 0) is 9.53 Å². The highest BCUT2D eigenvalue weighted by Crippen LogP contribution is 2.41. The molecule has 1 aromatic rings. The summed E-state index contributed by atoms with van der Waals surface area (Å²) in [5.74, 6) is 0.729.